The van der Waals surface area contributed by atoms with Crippen LogP contribution in [0.15, 0.2) is 35.0 Å². The van der Waals surface area contributed by atoms with Crippen molar-refractivity contribution >= 4 is 6.29 Å². The van der Waals surface area contributed by atoms with Gasteiger partial charge in [-0.05, 0) is 6.07 Å². The summed E-state index contributed by atoms with van der Waals surface area (Å²) in [5, 5.41) is 3.44. The molecule has 1 aromatic heterocycles. The van der Waals surface area contributed by atoms with E-state index in [0.717, 1.165) is 0 Å². The molecule has 1 heterocycles. The molecule has 0 atom stereocenters. The summed E-state index contributed by atoms with van der Waals surface area (Å²) in [6.45, 7) is 0. The Kier molecular flexibility index (Phi) is 2.10. The molecule has 0 unspecified atom stereocenters. The lowest BCUT2D eigenvalue weighted by atomic mass is 10.1. The molecule has 0 spiro atoms. The van der Waals surface area contributed by atoms with Crippen LogP contribution in [0.3, 0.4) is 0 Å². The molecule has 0 saturated carbocycles. The molecule has 0 aliphatic heterocycles. The molecule has 0 saturated heterocycles. The second-order valence-electron chi connectivity index (χ2n) is 2.70. The van der Waals surface area contributed by atoms with Crippen molar-refractivity contribution < 1.29 is 13.7 Å². The Morgan fingerprint density at radius 1 is 1.29 bits per heavy atom. The quantitative estimate of drug-likeness (QED) is 0.684. The summed E-state index contributed by atoms with van der Waals surface area (Å²) in [6, 6.07) is 6.14. The SMILES string of the molecule is O=Cc1oncc1-c1ccccc1F. The van der Waals surface area contributed by atoms with Crippen LogP contribution < -0.4 is 0 Å². The molecule has 2 rings (SSSR count). The summed E-state index contributed by atoms with van der Waals surface area (Å²) >= 11 is 0. The van der Waals surface area contributed by atoms with Gasteiger partial charge in [0.05, 0.1) is 11.8 Å². The largest absolute Gasteiger partial charge is 0.353 e. The van der Waals surface area contributed by atoms with Crippen LogP contribution in [0.1, 0.15) is 10.6 Å². The van der Waals surface area contributed by atoms with Crippen LogP contribution in [-0.4, -0.2) is 11.4 Å². The highest BCUT2D eigenvalue weighted by Crippen LogP contribution is 2.24. The summed E-state index contributed by atoms with van der Waals surface area (Å²) in [7, 11) is 0. The summed E-state index contributed by atoms with van der Waals surface area (Å²) in [4.78, 5) is 10.5. The Hall–Kier alpha value is -1.97. The highest BCUT2D eigenvalue weighted by molar-refractivity contribution is 5.83. The molecule has 4 heteroatoms. The first kappa shape index (κ1) is 8.62. The van der Waals surface area contributed by atoms with Gasteiger partial charge in [0, 0.05) is 5.56 Å². The molecular formula is C10H6FNO2. The van der Waals surface area contributed by atoms with Crippen molar-refractivity contribution in [3.05, 3.63) is 42.0 Å². The average molecular weight is 191 g/mol. The predicted octanol–water partition coefficient (Wildman–Crippen LogP) is 2.29. The van der Waals surface area contributed by atoms with E-state index in [1.54, 1.807) is 18.2 Å². The number of carbonyl (C=O) groups is 1. The van der Waals surface area contributed by atoms with Crippen molar-refractivity contribution in [2.75, 3.05) is 0 Å². The van der Waals surface area contributed by atoms with E-state index in [9.17, 15) is 9.18 Å². The fourth-order valence-electron chi connectivity index (χ4n) is 1.22. The van der Waals surface area contributed by atoms with Crippen LogP contribution in [0, 0.1) is 5.82 Å². The van der Waals surface area contributed by atoms with Gasteiger partial charge >= 0.3 is 0 Å². The fourth-order valence-corrected chi connectivity index (χ4v) is 1.22. The van der Waals surface area contributed by atoms with Crippen LogP contribution in [0.4, 0.5) is 4.39 Å². The fraction of sp³-hybridized carbons (Fsp3) is 0. The lowest BCUT2D eigenvalue weighted by Crippen LogP contribution is -1.85. The zero-order chi connectivity index (χ0) is 9.97. The number of nitrogens with zero attached hydrogens (tertiary/aromatic N) is 1. The van der Waals surface area contributed by atoms with Crippen LogP contribution in [0.5, 0.6) is 0 Å². The maximum absolute atomic E-state index is 13.3. The van der Waals surface area contributed by atoms with Crippen LogP contribution >= 0.6 is 0 Å². The summed E-state index contributed by atoms with van der Waals surface area (Å²) in [6.07, 6.45) is 1.83. The molecular weight excluding hydrogens is 185 g/mol. The molecule has 1 aromatic carbocycles. The van der Waals surface area contributed by atoms with Crippen molar-refractivity contribution in [3.8, 4) is 11.1 Å². The van der Waals surface area contributed by atoms with Crippen molar-refractivity contribution in [2.24, 2.45) is 0 Å². The van der Waals surface area contributed by atoms with E-state index in [1.807, 2.05) is 0 Å². The van der Waals surface area contributed by atoms with Gasteiger partial charge in [-0.1, -0.05) is 23.4 Å². The normalized spacial score (nSPS) is 10.1. The molecule has 0 amide bonds. The summed E-state index contributed by atoms with van der Waals surface area (Å²) in [5.41, 5.74) is 0.689. The molecule has 2 aromatic rings. The van der Waals surface area contributed by atoms with Gasteiger partial charge in [0.2, 0.25) is 5.76 Å². The van der Waals surface area contributed by atoms with Crippen molar-refractivity contribution in [3.63, 3.8) is 0 Å². The Labute approximate surface area is 79.1 Å². The number of hydrogen-bond donors (Lipinski definition) is 0. The van der Waals surface area contributed by atoms with E-state index in [0.29, 0.717) is 17.4 Å². The number of benzene rings is 1. The molecule has 0 bridgehead atoms. The topological polar surface area (TPSA) is 43.1 Å². The minimum absolute atomic E-state index is 0.0371. The first-order chi connectivity index (χ1) is 6.83. The van der Waals surface area contributed by atoms with Gasteiger partial charge in [-0.15, -0.1) is 0 Å². The Morgan fingerprint density at radius 2 is 2.07 bits per heavy atom. The molecule has 0 fully saturated rings. The number of hydrogen-bond acceptors (Lipinski definition) is 3. The average Bonchev–Trinajstić information content (AvgIpc) is 2.66. The van der Waals surface area contributed by atoms with Crippen molar-refractivity contribution in [1.29, 1.82) is 0 Å². The first-order valence-corrected chi connectivity index (χ1v) is 3.97. The number of rotatable bonds is 2. The number of aromatic nitrogens is 1. The van der Waals surface area contributed by atoms with E-state index in [2.05, 4.69) is 9.68 Å². The van der Waals surface area contributed by atoms with E-state index < -0.39 is 5.82 Å². The lowest BCUT2D eigenvalue weighted by molar-refractivity contribution is 0.109. The smallest absolute Gasteiger partial charge is 0.207 e. The van der Waals surface area contributed by atoms with Gasteiger partial charge in [-0.2, -0.15) is 0 Å². The third-order valence-electron chi connectivity index (χ3n) is 1.87. The number of aldehydes is 1. The monoisotopic (exact) mass is 191 g/mol. The molecule has 0 N–H and O–H groups in total. The third kappa shape index (κ3) is 1.31. The van der Waals surface area contributed by atoms with Gasteiger partial charge in [-0.3, -0.25) is 4.79 Å². The zero-order valence-electron chi connectivity index (χ0n) is 7.11. The molecule has 0 aliphatic rings. The third-order valence-corrected chi connectivity index (χ3v) is 1.87. The summed E-state index contributed by atoms with van der Waals surface area (Å²) in [5.74, 6) is -0.367. The highest BCUT2D eigenvalue weighted by atomic mass is 19.1. The Bertz CT molecular complexity index is 465. The molecule has 3 nitrogen and oxygen atoms in total. The molecule has 14 heavy (non-hydrogen) atoms. The maximum atomic E-state index is 13.3. The number of carbonyl (C=O) groups excluding carboxylic acids is 1. The highest BCUT2D eigenvalue weighted by Gasteiger charge is 2.12. The van der Waals surface area contributed by atoms with Gasteiger partial charge in [0.1, 0.15) is 5.82 Å². The van der Waals surface area contributed by atoms with Crippen LogP contribution in [0.25, 0.3) is 11.1 Å². The molecule has 0 aliphatic carbocycles. The van der Waals surface area contributed by atoms with Crippen LogP contribution in [0.2, 0.25) is 0 Å². The Morgan fingerprint density at radius 3 is 2.79 bits per heavy atom. The van der Waals surface area contributed by atoms with Crippen molar-refractivity contribution in [1.82, 2.24) is 5.16 Å². The second kappa shape index (κ2) is 3.41. The second-order valence-corrected chi connectivity index (χ2v) is 2.70. The van der Waals surface area contributed by atoms with Gasteiger partial charge in [0.25, 0.3) is 0 Å². The van der Waals surface area contributed by atoms with Gasteiger partial charge in [0.15, 0.2) is 6.29 Å². The maximum Gasteiger partial charge on any atom is 0.207 e. The Balaban J connectivity index is 2.60. The van der Waals surface area contributed by atoms with Crippen molar-refractivity contribution in [2.45, 2.75) is 0 Å². The van der Waals surface area contributed by atoms with Gasteiger partial charge in [-0.25, -0.2) is 4.39 Å². The number of halogens is 1. The zero-order valence-corrected chi connectivity index (χ0v) is 7.11. The van der Waals surface area contributed by atoms with E-state index in [4.69, 9.17) is 0 Å². The molecule has 0 radical (unpaired) electrons. The lowest BCUT2D eigenvalue weighted by Gasteiger charge is -1.97. The van der Waals surface area contributed by atoms with Crippen LogP contribution in [-0.2, 0) is 0 Å². The first-order valence-electron chi connectivity index (χ1n) is 3.97. The van der Waals surface area contributed by atoms with E-state index in [1.165, 1.54) is 12.3 Å². The minimum atomic E-state index is -0.404. The summed E-state index contributed by atoms with van der Waals surface area (Å²) < 4.78 is 17.9. The predicted molar refractivity (Wildman–Crippen MR) is 47.3 cm³/mol. The van der Waals surface area contributed by atoms with E-state index >= 15 is 0 Å². The van der Waals surface area contributed by atoms with Gasteiger partial charge < -0.3 is 4.52 Å². The molecule has 70 valence electrons. The minimum Gasteiger partial charge on any atom is -0.353 e. The standard InChI is InChI=1S/C10H6FNO2/c11-9-4-2-1-3-7(9)8-5-12-14-10(8)6-13/h1-6H. The van der Waals surface area contributed by atoms with E-state index in [-0.39, 0.29) is 5.76 Å².